The molecule has 0 spiro atoms. The van der Waals surface area contributed by atoms with Crippen LogP contribution in [-0.2, 0) is 9.47 Å². The molecule has 0 radical (unpaired) electrons. The van der Waals surface area contributed by atoms with Gasteiger partial charge in [-0.15, -0.1) is 0 Å². The molecule has 3 unspecified atom stereocenters. The molecule has 3 atom stereocenters. The molecule has 0 bridgehead atoms. The third-order valence-corrected chi connectivity index (χ3v) is 7.10. The molecular formula is C29H42FN3O2. The summed E-state index contributed by atoms with van der Waals surface area (Å²) in [4.78, 5) is 9.38. The highest BCUT2D eigenvalue weighted by Gasteiger charge is 2.47. The summed E-state index contributed by atoms with van der Waals surface area (Å²) in [7, 11) is 3.33. The maximum atomic E-state index is 14.3. The van der Waals surface area contributed by atoms with E-state index in [9.17, 15) is 4.39 Å². The van der Waals surface area contributed by atoms with Gasteiger partial charge in [-0.3, -0.25) is 9.98 Å². The van der Waals surface area contributed by atoms with Crippen molar-refractivity contribution in [3.63, 3.8) is 0 Å². The van der Waals surface area contributed by atoms with Crippen molar-refractivity contribution in [1.29, 1.82) is 0 Å². The highest BCUT2D eigenvalue weighted by molar-refractivity contribution is 6.01. The molecule has 0 saturated heterocycles. The van der Waals surface area contributed by atoms with Gasteiger partial charge in [-0.1, -0.05) is 38.2 Å². The number of halogens is 1. The highest BCUT2D eigenvalue weighted by atomic mass is 19.1. The van der Waals surface area contributed by atoms with Crippen LogP contribution in [-0.4, -0.2) is 37.4 Å². The van der Waals surface area contributed by atoms with Crippen molar-refractivity contribution in [1.82, 2.24) is 0 Å². The highest BCUT2D eigenvalue weighted by Crippen LogP contribution is 2.47. The second-order valence-corrected chi connectivity index (χ2v) is 9.83. The predicted molar refractivity (Wildman–Crippen MR) is 143 cm³/mol. The standard InChI is InChI=1S/C17H26FNO.C12H16N2O/c1-6-9-10-14(20-5)16(13(4)7-2)19-15(8-3)17(18)11-12-17;1-15-11-6-9(13)4-8-5-10(7-2-3-7)14-12(8)11/h6,8-10,13H,7,11-12H2,1-5H3;4,6-8,12H,2-3,5,13H2,1H3/b9-6-,14-10+,15-8-,19-16-;. The maximum absolute atomic E-state index is 14.3. The van der Waals surface area contributed by atoms with Gasteiger partial charge in [0.1, 0.15) is 17.6 Å². The number of ether oxygens (including phenoxy) is 2. The number of rotatable bonds is 9. The van der Waals surface area contributed by atoms with E-state index in [1.165, 1.54) is 18.6 Å². The van der Waals surface area contributed by atoms with Crippen LogP contribution in [0, 0.1) is 17.8 Å². The van der Waals surface area contributed by atoms with Crippen LogP contribution in [0.15, 0.2) is 69.4 Å². The van der Waals surface area contributed by atoms with Crippen LogP contribution < -0.4 is 5.73 Å². The zero-order valence-electron chi connectivity index (χ0n) is 22.2. The number of allylic oxidation sites excluding steroid dienone is 7. The lowest BCUT2D eigenvalue weighted by molar-refractivity contribution is 0.252. The second kappa shape index (κ2) is 11.9. The first-order chi connectivity index (χ1) is 16.8. The Morgan fingerprint density at radius 3 is 2.54 bits per heavy atom. The lowest BCUT2D eigenvalue weighted by Gasteiger charge is -2.21. The zero-order chi connectivity index (χ0) is 25.6. The fourth-order valence-electron chi connectivity index (χ4n) is 4.48. The van der Waals surface area contributed by atoms with Crippen molar-refractivity contribution in [2.75, 3.05) is 14.2 Å². The zero-order valence-corrected chi connectivity index (χ0v) is 22.2. The Hall–Kier alpha value is -2.63. The molecule has 0 aromatic carbocycles. The van der Waals surface area contributed by atoms with Crippen LogP contribution >= 0.6 is 0 Å². The molecule has 1 heterocycles. The summed E-state index contributed by atoms with van der Waals surface area (Å²) in [6, 6.07) is 0.206. The summed E-state index contributed by atoms with van der Waals surface area (Å²) in [6.45, 7) is 7.98. The first-order valence-corrected chi connectivity index (χ1v) is 12.9. The fraction of sp³-hybridized carbons (Fsp3) is 0.586. The molecule has 0 aromatic heterocycles. The number of fused-ring (bicyclic) bond motifs is 1. The fourth-order valence-corrected chi connectivity index (χ4v) is 4.48. The Labute approximate surface area is 210 Å². The van der Waals surface area contributed by atoms with Crippen LogP contribution in [0.25, 0.3) is 0 Å². The number of nitrogens with two attached hydrogens (primary N) is 1. The molecule has 1 aliphatic heterocycles. The molecule has 4 aliphatic rings. The lowest BCUT2D eigenvalue weighted by atomic mass is 9.91. The number of aliphatic imine (C=N–C) groups is 2. The Morgan fingerprint density at radius 2 is 2.03 bits per heavy atom. The average molecular weight is 484 g/mol. The van der Waals surface area contributed by atoms with Gasteiger partial charge in [0.2, 0.25) is 0 Å². The van der Waals surface area contributed by atoms with Crippen molar-refractivity contribution in [2.24, 2.45) is 33.5 Å². The Balaban J connectivity index is 0.000000202. The van der Waals surface area contributed by atoms with Crippen molar-refractivity contribution in [2.45, 2.75) is 77.9 Å². The Bertz CT molecular complexity index is 978. The largest absolute Gasteiger partial charge is 0.499 e. The minimum atomic E-state index is -1.22. The molecule has 0 amide bonds. The predicted octanol–water partition coefficient (Wildman–Crippen LogP) is 6.60. The van der Waals surface area contributed by atoms with E-state index in [2.05, 4.69) is 24.9 Å². The van der Waals surface area contributed by atoms with E-state index in [1.807, 2.05) is 38.2 Å². The van der Waals surface area contributed by atoms with E-state index in [-0.39, 0.29) is 12.0 Å². The van der Waals surface area contributed by atoms with Crippen molar-refractivity contribution in [3.8, 4) is 0 Å². The first-order valence-electron chi connectivity index (χ1n) is 12.9. The summed E-state index contributed by atoms with van der Waals surface area (Å²) < 4.78 is 25.1. The first kappa shape index (κ1) is 27.0. The van der Waals surface area contributed by atoms with Crippen molar-refractivity contribution >= 4 is 11.4 Å². The minimum absolute atomic E-state index is 0.206. The van der Waals surface area contributed by atoms with E-state index >= 15 is 0 Å². The number of methoxy groups -OCH3 is 2. The van der Waals surface area contributed by atoms with Gasteiger partial charge in [0.25, 0.3) is 0 Å². The molecule has 0 aromatic rings. The van der Waals surface area contributed by atoms with Crippen LogP contribution in [0.1, 0.15) is 66.2 Å². The molecule has 5 nitrogen and oxygen atoms in total. The lowest BCUT2D eigenvalue weighted by Crippen LogP contribution is -2.21. The Morgan fingerprint density at radius 1 is 1.31 bits per heavy atom. The summed E-state index contributed by atoms with van der Waals surface area (Å²) in [5.41, 5.74) is 8.20. The van der Waals surface area contributed by atoms with Gasteiger partial charge in [0, 0.05) is 29.3 Å². The molecular weight excluding hydrogens is 441 g/mol. The van der Waals surface area contributed by atoms with E-state index in [4.69, 9.17) is 20.2 Å². The van der Waals surface area contributed by atoms with Crippen LogP contribution in [0.5, 0.6) is 0 Å². The van der Waals surface area contributed by atoms with Crippen molar-refractivity contribution in [3.05, 3.63) is 59.4 Å². The topological polar surface area (TPSA) is 69.2 Å². The van der Waals surface area contributed by atoms with E-state index in [0.29, 0.717) is 30.2 Å². The molecule has 4 rings (SSSR count). The summed E-state index contributed by atoms with van der Waals surface area (Å²) in [5, 5.41) is 0. The third kappa shape index (κ3) is 6.74. The van der Waals surface area contributed by atoms with Gasteiger partial charge in [-0.25, -0.2) is 4.39 Å². The third-order valence-electron chi connectivity index (χ3n) is 7.10. The van der Waals surface area contributed by atoms with Gasteiger partial charge in [0.15, 0.2) is 5.67 Å². The van der Waals surface area contributed by atoms with Gasteiger partial charge in [-0.05, 0) is 64.4 Å². The number of hydrogen-bond acceptors (Lipinski definition) is 5. The smallest absolute Gasteiger partial charge is 0.152 e. The van der Waals surface area contributed by atoms with Crippen LogP contribution in [0.2, 0.25) is 0 Å². The molecule has 6 heteroatoms. The van der Waals surface area contributed by atoms with Gasteiger partial charge in [0.05, 0.1) is 25.6 Å². The SMILES string of the molecule is COC1=CC(N)=CC2CC(C3CC3)=NC12.C\C=C/C=C(OC)\C(=N/C(=C\C)C1(F)CC1)C(C)CC. The summed E-state index contributed by atoms with van der Waals surface area (Å²) >= 11 is 0. The number of nitrogens with zero attached hydrogens (tertiary/aromatic N) is 2. The monoisotopic (exact) mass is 483 g/mol. The molecule has 2 saturated carbocycles. The van der Waals surface area contributed by atoms with Gasteiger partial charge >= 0.3 is 0 Å². The quantitative estimate of drug-likeness (QED) is 0.228. The van der Waals surface area contributed by atoms with E-state index < -0.39 is 5.67 Å². The molecule has 2 N–H and O–H groups in total. The van der Waals surface area contributed by atoms with Crippen LogP contribution in [0.4, 0.5) is 4.39 Å². The van der Waals surface area contributed by atoms with Gasteiger partial charge < -0.3 is 15.2 Å². The number of alkyl halides is 1. The molecule has 3 aliphatic carbocycles. The Kier molecular flexibility index (Phi) is 9.15. The van der Waals surface area contributed by atoms with Crippen molar-refractivity contribution < 1.29 is 13.9 Å². The summed E-state index contributed by atoms with van der Waals surface area (Å²) in [5.74, 6) is 3.07. The normalized spacial score (nSPS) is 26.7. The average Bonchev–Trinajstić information content (AvgIpc) is 3.79. The van der Waals surface area contributed by atoms with Gasteiger partial charge in [-0.2, -0.15) is 0 Å². The number of hydrogen-bond donors (Lipinski definition) is 1. The van der Waals surface area contributed by atoms with Crippen LogP contribution in [0.3, 0.4) is 0 Å². The molecule has 35 heavy (non-hydrogen) atoms. The van der Waals surface area contributed by atoms with E-state index in [0.717, 1.165) is 35.9 Å². The maximum Gasteiger partial charge on any atom is 0.152 e. The van der Waals surface area contributed by atoms with E-state index in [1.54, 1.807) is 20.3 Å². The minimum Gasteiger partial charge on any atom is -0.499 e. The second-order valence-electron chi connectivity index (χ2n) is 9.83. The molecule has 192 valence electrons. The summed E-state index contributed by atoms with van der Waals surface area (Å²) in [6.07, 6.45) is 17.3. The molecule has 2 fully saturated rings.